The topological polar surface area (TPSA) is 35.5 Å². The van der Waals surface area contributed by atoms with Gasteiger partial charge >= 0.3 is 5.97 Å². The van der Waals surface area contributed by atoms with E-state index in [1.165, 1.54) is 0 Å². The second-order valence-corrected chi connectivity index (χ2v) is 5.21. The second-order valence-electron chi connectivity index (χ2n) is 4.29. The van der Waals surface area contributed by atoms with Gasteiger partial charge in [-0.3, -0.25) is 4.79 Å². The van der Waals surface area contributed by atoms with Gasteiger partial charge in [0.15, 0.2) is 0 Å². The standard InChI is InChI=1S/C13H15BrO3/c1-9-8-12(9)13(15)17-7-6-16-11-4-2-10(14)3-5-11/h2-5,9,12H,6-8H2,1H3. The van der Waals surface area contributed by atoms with Crippen LogP contribution in [0.1, 0.15) is 13.3 Å². The zero-order chi connectivity index (χ0) is 12.3. The molecule has 1 fully saturated rings. The second kappa shape index (κ2) is 5.54. The van der Waals surface area contributed by atoms with Crippen LogP contribution in [0, 0.1) is 11.8 Å². The van der Waals surface area contributed by atoms with E-state index in [1.54, 1.807) is 0 Å². The maximum Gasteiger partial charge on any atom is 0.309 e. The minimum atomic E-state index is -0.0862. The average Bonchev–Trinajstić information content (AvgIpc) is 3.04. The summed E-state index contributed by atoms with van der Waals surface area (Å²) in [5, 5.41) is 0. The fraction of sp³-hybridized carbons (Fsp3) is 0.462. The molecule has 2 rings (SSSR count). The Morgan fingerprint density at radius 3 is 2.59 bits per heavy atom. The van der Waals surface area contributed by atoms with Crippen LogP contribution in [-0.2, 0) is 9.53 Å². The van der Waals surface area contributed by atoms with E-state index in [2.05, 4.69) is 22.9 Å². The summed E-state index contributed by atoms with van der Waals surface area (Å²) in [4.78, 5) is 11.4. The summed E-state index contributed by atoms with van der Waals surface area (Å²) >= 11 is 3.35. The van der Waals surface area contributed by atoms with Crippen LogP contribution in [0.25, 0.3) is 0 Å². The van der Waals surface area contributed by atoms with Crippen LogP contribution in [0.3, 0.4) is 0 Å². The molecule has 0 aliphatic heterocycles. The third kappa shape index (κ3) is 3.73. The van der Waals surface area contributed by atoms with Crippen molar-refractivity contribution in [3.05, 3.63) is 28.7 Å². The number of carbonyl (C=O) groups is 1. The molecule has 0 amide bonds. The first-order valence-corrected chi connectivity index (χ1v) is 6.51. The summed E-state index contributed by atoms with van der Waals surface area (Å²) in [7, 11) is 0. The molecule has 1 aliphatic carbocycles. The van der Waals surface area contributed by atoms with E-state index >= 15 is 0 Å². The van der Waals surface area contributed by atoms with E-state index < -0.39 is 0 Å². The lowest BCUT2D eigenvalue weighted by molar-refractivity contribution is -0.146. The molecule has 2 atom stereocenters. The lowest BCUT2D eigenvalue weighted by atomic mass is 10.3. The Bertz CT molecular complexity index is 388. The van der Waals surface area contributed by atoms with Gasteiger partial charge in [-0.15, -0.1) is 0 Å². The van der Waals surface area contributed by atoms with Crippen molar-refractivity contribution < 1.29 is 14.3 Å². The SMILES string of the molecule is CC1CC1C(=O)OCCOc1ccc(Br)cc1. The zero-order valence-corrected chi connectivity index (χ0v) is 11.3. The molecule has 0 saturated heterocycles. The van der Waals surface area contributed by atoms with Crippen molar-refractivity contribution in [1.29, 1.82) is 0 Å². The molecule has 4 heteroatoms. The Balaban J connectivity index is 1.63. The van der Waals surface area contributed by atoms with Gasteiger partial charge in [-0.2, -0.15) is 0 Å². The van der Waals surface area contributed by atoms with E-state index in [4.69, 9.17) is 9.47 Å². The summed E-state index contributed by atoms with van der Waals surface area (Å²) in [5.74, 6) is 1.32. The largest absolute Gasteiger partial charge is 0.490 e. The van der Waals surface area contributed by atoms with Crippen molar-refractivity contribution in [2.75, 3.05) is 13.2 Å². The molecule has 3 nitrogen and oxygen atoms in total. The fourth-order valence-corrected chi connectivity index (χ4v) is 1.85. The Hall–Kier alpha value is -1.03. The molecule has 0 radical (unpaired) electrons. The molecule has 0 aromatic heterocycles. The van der Waals surface area contributed by atoms with Gasteiger partial charge in [-0.05, 0) is 36.6 Å². The lowest BCUT2D eigenvalue weighted by Gasteiger charge is -2.07. The third-order valence-corrected chi connectivity index (χ3v) is 3.35. The highest BCUT2D eigenvalue weighted by molar-refractivity contribution is 9.10. The number of hydrogen-bond donors (Lipinski definition) is 0. The maximum absolute atomic E-state index is 11.4. The minimum absolute atomic E-state index is 0.0862. The summed E-state index contributed by atoms with van der Waals surface area (Å²) in [6, 6.07) is 7.56. The normalized spacial score (nSPS) is 22.0. The molecule has 0 N–H and O–H groups in total. The van der Waals surface area contributed by atoms with Crippen molar-refractivity contribution in [2.45, 2.75) is 13.3 Å². The van der Waals surface area contributed by atoms with Gasteiger partial charge in [0, 0.05) is 4.47 Å². The summed E-state index contributed by atoms with van der Waals surface area (Å²) < 4.78 is 11.6. The van der Waals surface area contributed by atoms with Crippen LogP contribution in [0.4, 0.5) is 0 Å². The molecular formula is C13H15BrO3. The lowest BCUT2D eigenvalue weighted by Crippen LogP contribution is -2.13. The van der Waals surface area contributed by atoms with Crippen LogP contribution in [0.2, 0.25) is 0 Å². The first kappa shape index (κ1) is 12.4. The molecule has 0 spiro atoms. The Morgan fingerprint density at radius 1 is 1.35 bits per heavy atom. The number of esters is 1. The number of benzene rings is 1. The number of hydrogen-bond acceptors (Lipinski definition) is 3. The van der Waals surface area contributed by atoms with Crippen molar-refractivity contribution >= 4 is 21.9 Å². The average molecular weight is 299 g/mol. The summed E-state index contributed by atoms with van der Waals surface area (Å²) in [5.41, 5.74) is 0. The minimum Gasteiger partial charge on any atom is -0.490 e. The van der Waals surface area contributed by atoms with Gasteiger partial charge in [-0.1, -0.05) is 22.9 Å². The predicted molar refractivity (Wildman–Crippen MR) is 67.9 cm³/mol. The van der Waals surface area contributed by atoms with Gasteiger partial charge < -0.3 is 9.47 Å². The Morgan fingerprint density at radius 2 is 2.00 bits per heavy atom. The van der Waals surface area contributed by atoms with Crippen molar-refractivity contribution in [2.24, 2.45) is 11.8 Å². The predicted octanol–water partition coefficient (Wildman–Crippen LogP) is 3.03. The molecular weight excluding hydrogens is 284 g/mol. The summed E-state index contributed by atoms with van der Waals surface area (Å²) in [6.07, 6.45) is 0.965. The zero-order valence-electron chi connectivity index (χ0n) is 9.69. The van der Waals surface area contributed by atoms with Gasteiger partial charge in [0.2, 0.25) is 0 Å². The van der Waals surface area contributed by atoms with Crippen LogP contribution in [0.5, 0.6) is 5.75 Å². The van der Waals surface area contributed by atoms with Gasteiger partial charge in [0.05, 0.1) is 5.92 Å². The third-order valence-electron chi connectivity index (χ3n) is 2.82. The quantitative estimate of drug-likeness (QED) is 0.619. The van der Waals surface area contributed by atoms with Crippen molar-refractivity contribution in [3.63, 3.8) is 0 Å². The smallest absolute Gasteiger partial charge is 0.309 e. The number of rotatable bonds is 5. The molecule has 17 heavy (non-hydrogen) atoms. The van der Waals surface area contributed by atoms with Crippen LogP contribution >= 0.6 is 15.9 Å². The molecule has 0 bridgehead atoms. The highest BCUT2D eigenvalue weighted by atomic mass is 79.9. The van der Waals surface area contributed by atoms with Crippen molar-refractivity contribution in [1.82, 2.24) is 0 Å². The molecule has 1 saturated carbocycles. The van der Waals surface area contributed by atoms with E-state index in [9.17, 15) is 4.79 Å². The maximum atomic E-state index is 11.4. The monoisotopic (exact) mass is 298 g/mol. The first-order valence-electron chi connectivity index (χ1n) is 5.72. The van der Waals surface area contributed by atoms with E-state index in [0.717, 1.165) is 16.6 Å². The Kier molecular flexibility index (Phi) is 4.05. The van der Waals surface area contributed by atoms with Crippen LogP contribution in [-0.4, -0.2) is 19.2 Å². The molecule has 2 unspecified atom stereocenters. The number of carbonyl (C=O) groups excluding carboxylic acids is 1. The molecule has 1 aromatic carbocycles. The van der Waals surface area contributed by atoms with Crippen LogP contribution in [0.15, 0.2) is 28.7 Å². The molecule has 1 aromatic rings. The fourth-order valence-electron chi connectivity index (χ4n) is 1.59. The molecule has 0 heterocycles. The summed E-state index contributed by atoms with van der Waals surface area (Å²) in [6.45, 7) is 2.77. The van der Waals surface area contributed by atoms with E-state index in [-0.39, 0.29) is 11.9 Å². The Labute approximate surface area is 109 Å². The molecule has 92 valence electrons. The number of ether oxygens (including phenoxy) is 2. The van der Waals surface area contributed by atoms with Crippen LogP contribution < -0.4 is 4.74 Å². The van der Waals surface area contributed by atoms with Gasteiger partial charge in [0.1, 0.15) is 19.0 Å². The van der Waals surface area contributed by atoms with Crippen molar-refractivity contribution in [3.8, 4) is 5.75 Å². The first-order chi connectivity index (χ1) is 8.16. The number of halogens is 1. The van der Waals surface area contributed by atoms with E-state index in [1.807, 2.05) is 24.3 Å². The highest BCUT2D eigenvalue weighted by Gasteiger charge is 2.40. The van der Waals surface area contributed by atoms with Gasteiger partial charge in [-0.25, -0.2) is 0 Å². The van der Waals surface area contributed by atoms with Gasteiger partial charge in [0.25, 0.3) is 0 Å². The van der Waals surface area contributed by atoms with E-state index in [0.29, 0.717) is 19.1 Å². The molecule has 1 aliphatic rings. The highest BCUT2D eigenvalue weighted by Crippen LogP contribution is 2.38.